The molecule has 1 aromatic carbocycles. The fourth-order valence-corrected chi connectivity index (χ4v) is 2.50. The largest absolute Gasteiger partial charge is 0.369 e. The lowest BCUT2D eigenvalue weighted by Gasteiger charge is -2.30. The Balaban J connectivity index is 2.13. The molecule has 1 aliphatic rings. The lowest BCUT2D eigenvalue weighted by atomic mass is 9.85. The zero-order valence-corrected chi connectivity index (χ0v) is 11.7. The highest BCUT2D eigenvalue weighted by Gasteiger charge is 2.24. The Labute approximate surface area is 115 Å². The van der Waals surface area contributed by atoms with Gasteiger partial charge in [-0.1, -0.05) is 24.3 Å². The van der Waals surface area contributed by atoms with Gasteiger partial charge < -0.3 is 10.5 Å². The summed E-state index contributed by atoms with van der Waals surface area (Å²) in [6.07, 6.45) is 3.62. The molecule has 0 aliphatic carbocycles. The van der Waals surface area contributed by atoms with Crippen molar-refractivity contribution in [1.82, 2.24) is 0 Å². The van der Waals surface area contributed by atoms with E-state index in [9.17, 15) is 0 Å². The number of nitrogens with two attached hydrogens (primary N) is 1. The van der Waals surface area contributed by atoms with Crippen molar-refractivity contribution in [3.8, 4) is 6.07 Å². The molecule has 102 valence electrons. The van der Waals surface area contributed by atoms with Crippen LogP contribution in [0.4, 0.5) is 0 Å². The molecule has 19 heavy (non-hydrogen) atoms. The first kappa shape index (κ1) is 14.0. The van der Waals surface area contributed by atoms with Gasteiger partial charge in [0.25, 0.3) is 0 Å². The summed E-state index contributed by atoms with van der Waals surface area (Å²) in [7, 11) is 0. The van der Waals surface area contributed by atoms with Crippen LogP contribution >= 0.6 is 0 Å². The van der Waals surface area contributed by atoms with Gasteiger partial charge in [0.05, 0.1) is 23.7 Å². The first-order valence-corrected chi connectivity index (χ1v) is 6.94. The first-order valence-electron chi connectivity index (χ1n) is 6.94. The summed E-state index contributed by atoms with van der Waals surface area (Å²) in [4.78, 5) is 0. The number of ether oxygens (including phenoxy) is 1. The molecular weight excluding hydrogens is 236 g/mol. The molecule has 1 aliphatic heterocycles. The number of benzene rings is 1. The van der Waals surface area contributed by atoms with Crippen molar-refractivity contribution < 1.29 is 4.74 Å². The summed E-state index contributed by atoms with van der Waals surface area (Å²) < 4.78 is 5.98. The molecule has 0 spiro atoms. The number of hydrogen-bond donors (Lipinski definition) is 1. The maximum absolute atomic E-state index is 9.14. The van der Waals surface area contributed by atoms with Crippen molar-refractivity contribution in [1.29, 1.82) is 5.26 Å². The molecule has 3 heteroatoms. The van der Waals surface area contributed by atoms with Crippen molar-refractivity contribution in [2.75, 3.05) is 6.54 Å². The van der Waals surface area contributed by atoms with E-state index in [1.165, 1.54) is 5.56 Å². The van der Waals surface area contributed by atoms with Crippen LogP contribution in [0.3, 0.4) is 0 Å². The van der Waals surface area contributed by atoms with E-state index in [0.717, 1.165) is 24.8 Å². The predicted molar refractivity (Wildman–Crippen MR) is 75.6 cm³/mol. The molecule has 2 N–H and O–H groups in total. The van der Waals surface area contributed by atoms with Crippen LogP contribution in [0.25, 0.3) is 0 Å². The van der Waals surface area contributed by atoms with Gasteiger partial charge in [0, 0.05) is 6.54 Å². The third-order valence-electron chi connectivity index (χ3n) is 3.90. The standard InChI is InChI=1S/C16H22N2O/c1-16(2,11-18)13-8-6-12(7-9-13)15-5-3-4-14(10-17)19-15/h6-9,14-15H,3-5,10,17H2,1-2H3/t14-,15+/m0/s1. The van der Waals surface area contributed by atoms with E-state index >= 15 is 0 Å². The van der Waals surface area contributed by atoms with Gasteiger partial charge in [-0.25, -0.2) is 0 Å². The summed E-state index contributed by atoms with van der Waals surface area (Å²) in [5.41, 5.74) is 7.48. The normalized spacial score (nSPS) is 23.9. The van der Waals surface area contributed by atoms with Gasteiger partial charge in [-0.3, -0.25) is 0 Å². The average Bonchev–Trinajstić information content (AvgIpc) is 2.47. The van der Waals surface area contributed by atoms with E-state index in [-0.39, 0.29) is 12.2 Å². The Morgan fingerprint density at radius 3 is 2.58 bits per heavy atom. The fourth-order valence-electron chi connectivity index (χ4n) is 2.50. The molecule has 0 bridgehead atoms. The summed E-state index contributed by atoms with van der Waals surface area (Å²) in [6.45, 7) is 4.46. The van der Waals surface area contributed by atoms with Crippen molar-refractivity contribution in [2.24, 2.45) is 5.73 Å². The van der Waals surface area contributed by atoms with Crippen LogP contribution in [0, 0.1) is 11.3 Å². The smallest absolute Gasteiger partial charge is 0.0829 e. The molecule has 0 aromatic heterocycles. The minimum atomic E-state index is -0.439. The second-order valence-corrected chi connectivity index (χ2v) is 5.77. The number of hydrogen-bond acceptors (Lipinski definition) is 3. The summed E-state index contributed by atoms with van der Waals surface area (Å²) in [5.74, 6) is 0. The topological polar surface area (TPSA) is 59.0 Å². The molecule has 1 aromatic rings. The van der Waals surface area contributed by atoms with Gasteiger partial charge in [-0.05, 0) is 44.2 Å². The molecule has 0 saturated carbocycles. The van der Waals surface area contributed by atoms with Crippen LogP contribution in [0.2, 0.25) is 0 Å². The number of nitrogens with zero attached hydrogens (tertiary/aromatic N) is 1. The van der Waals surface area contributed by atoms with E-state index in [4.69, 9.17) is 15.7 Å². The van der Waals surface area contributed by atoms with Gasteiger partial charge in [0.15, 0.2) is 0 Å². The Morgan fingerprint density at radius 2 is 2.00 bits per heavy atom. The monoisotopic (exact) mass is 258 g/mol. The quantitative estimate of drug-likeness (QED) is 0.906. The van der Waals surface area contributed by atoms with Crippen LogP contribution in [-0.2, 0) is 10.2 Å². The SMILES string of the molecule is CC(C)(C#N)c1ccc([C@H]2CCC[C@@H](CN)O2)cc1. The van der Waals surface area contributed by atoms with E-state index < -0.39 is 5.41 Å². The molecule has 1 saturated heterocycles. The van der Waals surface area contributed by atoms with Crippen LogP contribution < -0.4 is 5.73 Å². The summed E-state index contributed by atoms with van der Waals surface area (Å²) in [6, 6.07) is 10.6. The lowest BCUT2D eigenvalue weighted by molar-refractivity contribution is -0.0462. The van der Waals surface area contributed by atoms with Crippen LogP contribution in [0.15, 0.2) is 24.3 Å². The highest BCUT2D eigenvalue weighted by atomic mass is 16.5. The third kappa shape index (κ3) is 3.15. The first-order chi connectivity index (χ1) is 9.06. The van der Waals surface area contributed by atoms with Crippen molar-refractivity contribution in [3.63, 3.8) is 0 Å². The molecule has 2 atom stereocenters. The number of rotatable bonds is 3. The Hall–Kier alpha value is -1.37. The Bertz CT molecular complexity index is 459. The van der Waals surface area contributed by atoms with Crippen LogP contribution in [0.5, 0.6) is 0 Å². The van der Waals surface area contributed by atoms with E-state index in [1.807, 2.05) is 26.0 Å². The second-order valence-electron chi connectivity index (χ2n) is 5.77. The third-order valence-corrected chi connectivity index (χ3v) is 3.90. The zero-order valence-electron chi connectivity index (χ0n) is 11.7. The van der Waals surface area contributed by atoms with E-state index in [1.54, 1.807) is 0 Å². The van der Waals surface area contributed by atoms with Gasteiger partial charge in [0.2, 0.25) is 0 Å². The molecule has 3 nitrogen and oxygen atoms in total. The Morgan fingerprint density at radius 1 is 1.32 bits per heavy atom. The van der Waals surface area contributed by atoms with Crippen LogP contribution in [0.1, 0.15) is 50.3 Å². The van der Waals surface area contributed by atoms with Gasteiger partial charge >= 0.3 is 0 Å². The summed E-state index contributed by atoms with van der Waals surface area (Å²) >= 11 is 0. The minimum Gasteiger partial charge on any atom is -0.369 e. The molecule has 1 fully saturated rings. The van der Waals surface area contributed by atoms with Crippen LogP contribution in [-0.4, -0.2) is 12.6 Å². The van der Waals surface area contributed by atoms with E-state index in [0.29, 0.717) is 6.54 Å². The summed E-state index contributed by atoms with van der Waals surface area (Å²) in [5, 5.41) is 9.14. The fraction of sp³-hybridized carbons (Fsp3) is 0.562. The maximum Gasteiger partial charge on any atom is 0.0829 e. The maximum atomic E-state index is 9.14. The molecule has 0 amide bonds. The molecule has 2 rings (SSSR count). The lowest BCUT2D eigenvalue weighted by Crippen LogP contribution is -2.29. The van der Waals surface area contributed by atoms with Gasteiger partial charge in [-0.15, -0.1) is 0 Å². The number of nitriles is 1. The van der Waals surface area contributed by atoms with Gasteiger partial charge in [0.1, 0.15) is 0 Å². The van der Waals surface area contributed by atoms with Crippen molar-refractivity contribution >= 4 is 0 Å². The molecule has 0 radical (unpaired) electrons. The Kier molecular flexibility index (Phi) is 4.24. The highest BCUT2D eigenvalue weighted by molar-refractivity contribution is 5.33. The minimum absolute atomic E-state index is 0.154. The second kappa shape index (κ2) is 5.73. The molecule has 1 heterocycles. The zero-order chi connectivity index (χ0) is 13.9. The molecular formula is C16H22N2O. The van der Waals surface area contributed by atoms with Gasteiger partial charge in [-0.2, -0.15) is 5.26 Å². The van der Waals surface area contributed by atoms with Crippen molar-refractivity contribution in [3.05, 3.63) is 35.4 Å². The predicted octanol–water partition coefficient (Wildman–Crippen LogP) is 3.06. The average molecular weight is 258 g/mol. The highest BCUT2D eigenvalue weighted by Crippen LogP contribution is 2.32. The van der Waals surface area contributed by atoms with E-state index in [2.05, 4.69) is 18.2 Å². The van der Waals surface area contributed by atoms with Crippen molar-refractivity contribution in [2.45, 2.75) is 50.7 Å². The molecule has 0 unspecified atom stereocenters.